The van der Waals surface area contributed by atoms with E-state index in [1.165, 1.54) is 7.11 Å². The van der Waals surface area contributed by atoms with Gasteiger partial charge in [0.1, 0.15) is 18.8 Å². The summed E-state index contributed by atoms with van der Waals surface area (Å²) in [7, 11) is 1.35. The molecule has 0 saturated carbocycles. The fourth-order valence-electron chi connectivity index (χ4n) is 0.677. The molecule has 5 heteroatoms. The van der Waals surface area contributed by atoms with Crippen LogP contribution in [-0.4, -0.2) is 48.7 Å². The highest BCUT2D eigenvalue weighted by Gasteiger charge is 2.18. The van der Waals surface area contributed by atoms with Gasteiger partial charge in [0.15, 0.2) is 0 Å². The molecule has 0 amide bonds. The number of rotatable bonds is 6. The number of aliphatic hydroxyl groups excluding tert-OH is 2. The zero-order valence-electron chi connectivity index (χ0n) is 7.47. The van der Waals surface area contributed by atoms with Gasteiger partial charge in [0.05, 0.1) is 6.61 Å². The second kappa shape index (κ2) is 6.59. The summed E-state index contributed by atoms with van der Waals surface area (Å²) in [6, 6.07) is 0. The zero-order chi connectivity index (χ0) is 10.3. The van der Waals surface area contributed by atoms with Crippen molar-refractivity contribution in [2.75, 3.05) is 20.3 Å². The van der Waals surface area contributed by atoms with Gasteiger partial charge in [-0.2, -0.15) is 0 Å². The van der Waals surface area contributed by atoms with Crippen molar-refractivity contribution in [3.05, 3.63) is 12.7 Å². The Morgan fingerprint density at radius 3 is 2.69 bits per heavy atom. The van der Waals surface area contributed by atoms with Crippen LogP contribution in [-0.2, 0) is 14.3 Å². The van der Waals surface area contributed by atoms with Gasteiger partial charge in [0.25, 0.3) is 0 Å². The Labute approximate surface area is 76.6 Å². The minimum absolute atomic E-state index is 0.108. The number of ether oxygens (including phenoxy) is 2. The Kier molecular flexibility index (Phi) is 6.13. The first-order valence-electron chi connectivity index (χ1n) is 3.76. The lowest BCUT2D eigenvalue weighted by Crippen LogP contribution is -2.35. The minimum atomic E-state index is -1.05. The lowest BCUT2D eigenvalue weighted by Gasteiger charge is -2.18. The first kappa shape index (κ1) is 12.1. The summed E-state index contributed by atoms with van der Waals surface area (Å²) < 4.78 is 9.39. The molecule has 0 heterocycles. The zero-order valence-corrected chi connectivity index (χ0v) is 7.47. The molecule has 0 rings (SSSR count). The smallest absolute Gasteiger partial charge is 0.330 e. The Balaban J connectivity index is 3.84. The summed E-state index contributed by atoms with van der Waals surface area (Å²) in [5.41, 5.74) is 0. The number of carbonyl (C=O) groups is 1. The van der Waals surface area contributed by atoms with Crippen LogP contribution in [0.4, 0.5) is 0 Å². The molecular weight excluding hydrogens is 176 g/mol. The van der Waals surface area contributed by atoms with Crippen molar-refractivity contribution in [2.24, 2.45) is 0 Å². The maximum atomic E-state index is 10.6. The van der Waals surface area contributed by atoms with Gasteiger partial charge in [-0.3, -0.25) is 0 Å². The second-order valence-electron chi connectivity index (χ2n) is 2.36. The molecule has 0 bridgehead atoms. The monoisotopic (exact) mass is 190 g/mol. The molecular formula is C8H14O5. The van der Waals surface area contributed by atoms with Gasteiger partial charge < -0.3 is 19.7 Å². The van der Waals surface area contributed by atoms with Gasteiger partial charge in [0.2, 0.25) is 0 Å². The third-order valence-corrected chi connectivity index (χ3v) is 1.48. The van der Waals surface area contributed by atoms with Crippen molar-refractivity contribution >= 4 is 5.97 Å². The third-order valence-electron chi connectivity index (χ3n) is 1.48. The van der Waals surface area contributed by atoms with E-state index in [0.717, 1.165) is 6.08 Å². The van der Waals surface area contributed by atoms with Crippen LogP contribution in [0.3, 0.4) is 0 Å². The van der Waals surface area contributed by atoms with E-state index in [9.17, 15) is 4.79 Å². The molecule has 0 aliphatic carbocycles. The van der Waals surface area contributed by atoms with Crippen LogP contribution < -0.4 is 0 Å². The first-order chi connectivity index (χ1) is 6.15. The molecule has 13 heavy (non-hydrogen) atoms. The highest BCUT2D eigenvalue weighted by molar-refractivity contribution is 5.81. The Hall–Kier alpha value is -0.910. The molecule has 2 N–H and O–H groups in total. The van der Waals surface area contributed by atoms with E-state index in [4.69, 9.17) is 14.9 Å². The largest absolute Gasteiger partial charge is 0.460 e. The molecule has 0 aliphatic rings. The number of hydrogen-bond acceptors (Lipinski definition) is 5. The summed E-state index contributed by atoms with van der Waals surface area (Å²) in [5.74, 6) is -0.591. The van der Waals surface area contributed by atoms with Gasteiger partial charge in [0, 0.05) is 13.2 Å². The standard InChI is InChI=1S/C8H14O5/c1-3-8(11)13-5-7(12-2)6(10)4-9/h3,6-7,9-10H,1,4-5H2,2H3. The summed E-state index contributed by atoms with van der Waals surface area (Å²) in [5, 5.41) is 17.7. The van der Waals surface area contributed by atoms with Gasteiger partial charge >= 0.3 is 5.97 Å². The van der Waals surface area contributed by atoms with Crippen molar-refractivity contribution in [3.63, 3.8) is 0 Å². The molecule has 76 valence electrons. The highest BCUT2D eigenvalue weighted by atomic mass is 16.6. The van der Waals surface area contributed by atoms with Crippen LogP contribution in [0.25, 0.3) is 0 Å². The number of aliphatic hydroxyl groups is 2. The molecule has 0 aromatic rings. The van der Waals surface area contributed by atoms with Crippen molar-refractivity contribution in [2.45, 2.75) is 12.2 Å². The van der Waals surface area contributed by atoms with Crippen LogP contribution in [0.1, 0.15) is 0 Å². The van der Waals surface area contributed by atoms with Gasteiger partial charge in [-0.1, -0.05) is 6.58 Å². The maximum Gasteiger partial charge on any atom is 0.330 e. The van der Waals surface area contributed by atoms with E-state index in [1.54, 1.807) is 0 Å². The minimum Gasteiger partial charge on any atom is -0.460 e. The fourth-order valence-corrected chi connectivity index (χ4v) is 0.677. The average molecular weight is 190 g/mol. The van der Waals surface area contributed by atoms with Gasteiger partial charge in [-0.25, -0.2) is 4.79 Å². The summed E-state index contributed by atoms with van der Waals surface area (Å²) >= 11 is 0. The molecule has 0 spiro atoms. The van der Waals surface area contributed by atoms with Crippen LogP contribution in [0.15, 0.2) is 12.7 Å². The van der Waals surface area contributed by atoms with Gasteiger partial charge in [-0.15, -0.1) is 0 Å². The fraction of sp³-hybridized carbons (Fsp3) is 0.625. The van der Waals surface area contributed by atoms with E-state index in [0.29, 0.717) is 0 Å². The summed E-state index contributed by atoms with van der Waals surface area (Å²) in [6.07, 6.45) is -0.755. The Bertz CT molecular complexity index is 168. The topological polar surface area (TPSA) is 76.0 Å². The predicted octanol–water partition coefficient (Wildman–Crippen LogP) is -0.916. The molecule has 0 aliphatic heterocycles. The highest BCUT2D eigenvalue weighted by Crippen LogP contribution is 1.99. The quantitative estimate of drug-likeness (QED) is 0.418. The molecule has 0 aromatic carbocycles. The van der Waals surface area contributed by atoms with Crippen LogP contribution in [0.2, 0.25) is 0 Å². The first-order valence-corrected chi connectivity index (χ1v) is 3.76. The van der Waals surface area contributed by atoms with E-state index < -0.39 is 24.8 Å². The average Bonchev–Trinajstić information content (AvgIpc) is 2.17. The van der Waals surface area contributed by atoms with Crippen molar-refractivity contribution in [1.29, 1.82) is 0 Å². The third kappa shape index (κ3) is 4.62. The van der Waals surface area contributed by atoms with Crippen molar-refractivity contribution in [1.82, 2.24) is 0 Å². The SMILES string of the molecule is C=CC(=O)OCC(OC)C(O)CO. The number of esters is 1. The van der Waals surface area contributed by atoms with Crippen LogP contribution in [0, 0.1) is 0 Å². The Morgan fingerprint density at radius 1 is 1.69 bits per heavy atom. The lowest BCUT2D eigenvalue weighted by atomic mass is 10.2. The number of carbonyl (C=O) groups excluding carboxylic acids is 1. The predicted molar refractivity (Wildman–Crippen MR) is 45.0 cm³/mol. The van der Waals surface area contributed by atoms with E-state index in [1.807, 2.05) is 0 Å². The molecule has 2 unspecified atom stereocenters. The van der Waals surface area contributed by atoms with E-state index >= 15 is 0 Å². The maximum absolute atomic E-state index is 10.6. The number of methoxy groups -OCH3 is 1. The van der Waals surface area contributed by atoms with Crippen molar-refractivity contribution in [3.8, 4) is 0 Å². The van der Waals surface area contributed by atoms with E-state index in [-0.39, 0.29) is 6.61 Å². The number of hydrogen-bond donors (Lipinski definition) is 2. The van der Waals surface area contributed by atoms with Crippen LogP contribution in [0.5, 0.6) is 0 Å². The van der Waals surface area contributed by atoms with E-state index in [2.05, 4.69) is 11.3 Å². The molecule has 0 radical (unpaired) electrons. The second-order valence-corrected chi connectivity index (χ2v) is 2.36. The molecule has 5 nitrogen and oxygen atoms in total. The molecule has 0 aromatic heterocycles. The Morgan fingerprint density at radius 2 is 2.31 bits per heavy atom. The van der Waals surface area contributed by atoms with Gasteiger partial charge in [-0.05, 0) is 0 Å². The summed E-state index contributed by atoms with van der Waals surface area (Å²) in [4.78, 5) is 10.6. The summed E-state index contributed by atoms with van der Waals surface area (Å²) in [6.45, 7) is 2.65. The molecule has 0 saturated heterocycles. The molecule has 0 fully saturated rings. The van der Waals surface area contributed by atoms with Crippen molar-refractivity contribution < 1.29 is 24.5 Å². The van der Waals surface area contributed by atoms with Crippen LogP contribution >= 0.6 is 0 Å². The lowest BCUT2D eigenvalue weighted by molar-refractivity contribution is -0.145. The molecule has 2 atom stereocenters. The normalized spacial score (nSPS) is 14.7.